The lowest BCUT2D eigenvalue weighted by molar-refractivity contribution is 0.0840. The third-order valence-corrected chi connectivity index (χ3v) is 3.85. The summed E-state index contributed by atoms with van der Waals surface area (Å²) in [5, 5.41) is 4.32. The van der Waals surface area contributed by atoms with Gasteiger partial charge in [-0.3, -0.25) is 4.79 Å². The molecule has 0 saturated heterocycles. The van der Waals surface area contributed by atoms with Gasteiger partial charge in [0.25, 0.3) is 0 Å². The maximum atomic E-state index is 12.7. The Kier molecular flexibility index (Phi) is 6.34. The molecule has 5 heteroatoms. The van der Waals surface area contributed by atoms with Crippen molar-refractivity contribution < 1.29 is 9.53 Å². The molecular weight excluding hydrogens is 314 g/mol. The van der Waals surface area contributed by atoms with Gasteiger partial charge >= 0.3 is 6.01 Å². The van der Waals surface area contributed by atoms with Crippen LogP contribution in [0.4, 0.5) is 0 Å². The first-order valence-electron chi connectivity index (χ1n) is 9.06. The van der Waals surface area contributed by atoms with Crippen LogP contribution in [-0.2, 0) is 6.42 Å². The van der Waals surface area contributed by atoms with Crippen LogP contribution in [0, 0.1) is 5.41 Å². The minimum Gasteiger partial charge on any atom is -0.462 e. The summed E-state index contributed by atoms with van der Waals surface area (Å²) in [7, 11) is 0. The van der Waals surface area contributed by atoms with Crippen LogP contribution in [0.3, 0.4) is 0 Å². The summed E-state index contributed by atoms with van der Waals surface area (Å²) in [4.78, 5) is 17.2. The van der Waals surface area contributed by atoms with Gasteiger partial charge in [-0.25, -0.2) is 0 Å². The van der Waals surface area contributed by atoms with E-state index in [9.17, 15) is 4.79 Å². The molecule has 5 nitrogen and oxygen atoms in total. The number of carbonyl (C=O) groups is 1. The highest BCUT2D eigenvalue weighted by atomic mass is 16.5. The normalized spacial score (nSPS) is 11.6. The highest BCUT2D eigenvalue weighted by Gasteiger charge is 2.23. The van der Waals surface area contributed by atoms with E-state index in [1.807, 2.05) is 32.9 Å². The number of unbranched alkanes of at least 4 members (excludes halogenated alkanes) is 1. The average Bonchev–Trinajstić information content (AvgIpc) is 2.98. The maximum Gasteiger partial charge on any atom is 0.336 e. The predicted molar refractivity (Wildman–Crippen MR) is 99.9 cm³/mol. The van der Waals surface area contributed by atoms with Crippen molar-refractivity contribution in [2.45, 2.75) is 60.3 Å². The Morgan fingerprint density at radius 3 is 2.40 bits per heavy atom. The van der Waals surface area contributed by atoms with Crippen molar-refractivity contribution in [1.82, 2.24) is 14.8 Å². The molecule has 1 aromatic heterocycles. The number of hydrogen-bond acceptors (Lipinski definition) is 4. The summed E-state index contributed by atoms with van der Waals surface area (Å²) in [5.74, 6) is 0.475. The summed E-state index contributed by atoms with van der Waals surface area (Å²) in [6, 6.07) is 8.35. The van der Waals surface area contributed by atoms with Crippen molar-refractivity contribution in [2.24, 2.45) is 5.41 Å². The number of benzene rings is 1. The average molecular weight is 343 g/mol. The molecule has 136 valence electrons. The fourth-order valence-electron chi connectivity index (χ4n) is 2.44. The summed E-state index contributed by atoms with van der Waals surface area (Å²) < 4.78 is 7.02. The monoisotopic (exact) mass is 343 g/mol. The van der Waals surface area contributed by atoms with E-state index in [1.54, 1.807) is 0 Å². The zero-order valence-electron chi connectivity index (χ0n) is 16.0. The largest absolute Gasteiger partial charge is 0.462 e. The number of hydrogen-bond donors (Lipinski definition) is 0. The Morgan fingerprint density at radius 1 is 1.16 bits per heavy atom. The van der Waals surface area contributed by atoms with Gasteiger partial charge in [-0.05, 0) is 23.8 Å². The third-order valence-electron chi connectivity index (χ3n) is 3.85. The van der Waals surface area contributed by atoms with Crippen molar-refractivity contribution >= 4 is 5.91 Å². The second-order valence-electron chi connectivity index (χ2n) is 7.51. The van der Waals surface area contributed by atoms with Gasteiger partial charge in [-0.15, -0.1) is 5.10 Å². The van der Waals surface area contributed by atoms with E-state index < -0.39 is 0 Å². The van der Waals surface area contributed by atoms with E-state index in [4.69, 9.17) is 4.74 Å². The number of rotatable bonds is 7. The van der Waals surface area contributed by atoms with Crippen molar-refractivity contribution in [3.8, 4) is 17.4 Å². The molecule has 0 aliphatic rings. The highest BCUT2D eigenvalue weighted by molar-refractivity contribution is 5.82. The number of aromatic nitrogens is 3. The molecule has 0 radical (unpaired) electrons. The molecule has 2 rings (SSSR count). The van der Waals surface area contributed by atoms with Crippen LogP contribution in [0.25, 0.3) is 11.4 Å². The lowest BCUT2D eigenvalue weighted by Crippen LogP contribution is -2.21. The summed E-state index contributed by atoms with van der Waals surface area (Å²) in [6.45, 7) is 10.9. The van der Waals surface area contributed by atoms with E-state index in [1.165, 1.54) is 10.2 Å². The quantitative estimate of drug-likeness (QED) is 0.680. The molecule has 0 aliphatic heterocycles. The van der Waals surface area contributed by atoms with Crippen molar-refractivity contribution in [3.63, 3.8) is 0 Å². The maximum absolute atomic E-state index is 12.7. The van der Waals surface area contributed by atoms with Crippen molar-refractivity contribution in [1.29, 1.82) is 0 Å². The van der Waals surface area contributed by atoms with Gasteiger partial charge in [0.1, 0.15) is 0 Å². The van der Waals surface area contributed by atoms with Gasteiger partial charge < -0.3 is 4.74 Å². The second kappa shape index (κ2) is 8.28. The predicted octanol–water partition coefficient (Wildman–Crippen LogP) is 4.76. The Labute approximate surface area is 150 Å². The zero-order valence-corrected chi connectivity index (χ0v) is 16.0. The first-order chi connectivity index (χ1) is 11.8. The van der Waals surface area contributed by atoms with Crippen LogP contribution < -0.4 is 4.74 Å². The van der Waals surface area contributed by atoms with Crippen LogP contribution in [0.1, 0.15) is 64.2 Å². The van der Waals surface area contributed by atoms with Crippen LogP contribution >= 0.6 is 0 Å². The lowest BCUT2D eigenvalue weighted by Gasteiger charge is -2.16. The van der Waals surface area contributed by atoms with Gasteiger partial charge in [0, 0.05) is 12.0 Å². The van der Waals surface area contributed by atoms with Crippen LogP contribution in [0.2, 0.25) is 0 Å². The first kappa shape index (κ1) is 19.2. The summed E-state index contributed by atoms with van der Waals surface area (Å²) in [6.07, 6.45) is 3.34. The zero-order chi connectivity index (χ0) is 18.4. The molecule has 0 unspecified atom stereocenters. The number of carbonyl (C=O) groups excluding carboxylic acids is 1. The Morgan fingerprint density at radius 2 is 1.84 bits per heavy atom. The molecule has 0 aliphatic carbocycles. The minimum absolute atomic E-state index is 0.0695. The van der Waals surface area contributed by atoms with Gasteiger partial charge in [0.15, 0.2) is 5.82 Å². The molecule has 0 saturated carbocycles. The van der Waals surface area contributed by atoms with Crippen LogP contribution in [-0.4, -0.2) is 27.3 Å². The standard InChI is InChI=1S/C20H29N3O2/c1-6-8-13-25-19-21-18(16-11-9-15(7-2)10-12-16)23(22-19)17(24)14-20(3,4)5/h9-12H,6-8,13-14H2,1-5H3. The molecule has 0 atom stereocenters. The van der Waals surface area contributed by atoms with Gasteiger partial charge in [-0.2, -0.15) is 9.67 Å². The minimum atomic E-state index is -0.115. The van der Waals surface area contributed by atoms with Crippen molar-refractivity contribution in [2.75, 3.05) is 6.61 Å². The molecule has 2 aromatic rings. The first-order valence-corrected chi connectivity index (χ1v) is 9.06. The topological polar surface area (TPSA) is 57.0 Å². The molecule has 25 heavy (non-hydrogen) atoms. The lowest BCUT2D eigenvalue weighted by atomic mass is 9.92. The smallest absolute Gasteiger partial charge is 0.336 e. The van der Waals surface area contributed by atoms with E-state index in [-0.39, 0.29) is 17.3 Å². The molecular formula is C20H29N3O2. The third kappa shape index (κ3) is 5.41. The number of ether oxygens (including phenoxy) is 1. The summed E-state index contributed by atoms with van der Waals surface area (Å²) >= 11 is 0. The Bertz CT molecular complexity index is 697. The Balaban J connectivity index is 2.35. The van der Waals surface area contributed by atoms with Gasteiger partial charge in [0.2, 0.25) is 5.91 Å². The fraction of sp³-hybridized carbons (Fsp3) is 0.550. The Hall–Kier alpha value is -2.17. The number of aryl methyl sites for hydroxylation is 1. The molecule has 0 spiro atoms. The highest BCUT2D eigenvalue weighted by Crippen LogP contribution is 2.25. The SMILES string of the molecule is CCCCOc1nc(-c2ccc(CC)cc2)n(C(=O)CC(C)(C)C)n1. The summed E-state index contributed by atoms with van der Waals surface area (Å²) in [5.41, 5.74) is 2.00. The van der Waals surface area contributed by atoms with Crippen LogP contribution in [0.5, 0.6) is 6.01 Å². The fourth-order valence-corrected chi connectivity index (χ4v) is 2.44. The van der Waals surface area contributed by atoms with E-state index in [0.717, 1.165) is 24.8 Å². The van der Waals surface area contributed by atoms with E-state index in [2.05, 4.69) is 36.1 Å². The van der Waals surface area contributed by atoms with Gasteiger partial charge in [0.05, 0.1) is 6.61 Å². The van der Waals surface area contributed by atoms with E-state index in [0.29, 0.717) is 18.9 Å². The van der Waals surface area contributed by atoms with Gasteiger partial charge in [-0.1, -0.05) is 65.3 Å². The van der Waals surface area contributed by atoms with E-state index >= 15 is 0 Å². The van der Waals surface area contributed by atoms with Crippen LogP contribution in [0.15, 0.2) is 24.3 Å². The second-order valence-corrected chi connectivity index (χ2v) is 7.51. The molecule has 0 bridgehead atoms. The number of nitrogens with zero attached hydrogens (tertiary/aromatic N) is 3. The molecule has 0 fully saturated rings. The van der Waals surface area contributed by atoms with Crippen molar-refractivity contribution in [3.05, 3.63) is 29.8 Å². The molecule has 0 N–H and O–H groups in total. The molecule has 1 heterocycles. The molecule has 0 amide bonds. The molecule has 1 aromatic carbocycles.